The number of aryl methyl sites for hydroxylation is 1. The number of rotatable bonds is 8. The third-order valence-corrected chi connectivity index (χ3v) is 4.87. The SMILES string of the molecule is CCOc1ccc(NC(=O)CCc2csc(-c3cccc(OC)c3)n2)cc1. The van der Waals surface area contributed by atoms with E-state index >= 15 is 0 Å². The van der Waals surface area contributed by atoms with Gasteiger partial charge in [-0.05, 0) is 49.7 Å². The first-order chi connectivity index (χ1) is 13.2. The molecule has 5 nitrogen and oxygen atoms in total. The number of thiazole rings is 1. The summed E-state index contributed by atoms with van der Waals surface area (Å²) >= 11 is 1.57. The number of hydrogen-bond acceptors (Lipinski definition) is 5. The molecule has 140 valence electrons. The van der Waals surface area contributed by atoms with E-state index in [0.717, 1.165) is 33.5 Å². The Kier molecular flexibility index (Phi) is 6.44. The Bertz CT molecular complexity index is 890. The van der Waals surface area contributed by atoms with Gasteiger partial charge < -0.3 is 14.8 Å². The molecule has 0 aliphatic heterocycles. The zero-order valence-corrected chi connectivity index (χ0v) is 16.2. The summed E-state index contributed by atoms with van der Waals surface area (Å²) < 4.78 is 10.7. The van der Waals surface area contributed by atoms with Gasteiger partial charge in [-0.2, -0.15) is 0 Å². The molecule has 0 radical (unpaired) electrons. The van der Waals surface area contributed by atoms with Gasteiger partial charge in [-0.15, -0.1) is 11.3 Å². The summed E-state index contributed by atoms with van der Waals surface area (Å²) in [6.07, 6.45) is 0.984. The van der Waals surface area contributed by atoms with Gasteiger partial charge >= 0.3 is 0 Å². The van der Waals surface area contributed by atoms with Crippen LogP contribution >= 0.6 is 11.3 Å². The lowest BCUT2D eigenvalue weighted by atomic mass is 10.2. The van der Waals surface area contributed by atoms with Crippen LogP contribution in [0.15, 0.2) is 53.9 Å². The van der Waals surface area contributed by atoms with Gasteiger partial charge in [-0.1, -0.05) is 12.1 Å². The number of methoxy groups -OCH3 is 1. The van der Waals surface area contributed by atoms with E-state index < -0.39 is 0 Å². The summed E-state index contributed by atoms with van der Waals surface area (Å²) in [6.45, 7) is 2.56. The molecule has 1 amide bonds. The maximum absolute atomic E-state index is 12.2. The molecule has 0 atom stereocenters. The average molecular weight is 382 g/mol. The minimum absolute atomic E-state index is 0.0323. The number of benzene rings is 2. The van der Waals surface area contributed by atoms with Crippen LogP contribution in [0.5, 0.6) is 11.5 Å². The molecule has 2 aromatic carbocycles. The molecule has 1 heterocycles. The predicted molar refractivity (Wildman–Crippen MR) is 109 cm³/mol. The number of carbonyl (C=O) groups excluding carboxylic acids is 1. The Morgan fingerprint density at radius 1 is 1.15 bits per heavy atom. The van der Waals surface area contributed by atoms with Crippen LogP contribution < -0.4 is 14.8 Å². The molecule has 27 heavy (non-hydrogen) atoms. The molecule has 1 N–H and O–H groups in total. The quantitative estimate of drug-likeness (QED) is 0.609. The highest BCUT2D eigenvalue weighted by molar-refractivity contribution is 7.13. The van der Waals surface area contributed by atoms with Crippen LogP contribution in [-0.4, -0.2) is 24.6 Å². The Morgan fingerprint density at radius 3 is 2.70 bits per heavy atom. The van der Waals surface area contributed by atoms with Crippen LogP contribution in [0.1, 0.15) is 19.0 Å². The second-order valence-electron chi connectivity index (χ2n) is 5.88. The summed E-state index contributed by atoms with van der Waals surface area (Å²) in [5.74, 6) is 1.57. The fourth-order valence-corrected chi connectivity index (χ4v) is 3.43. The normalized spacial score (nSPS) is 10.4. The summed E-state index contributed by atoms with van der Waals surface area (Å²) in [4.78, 5) is 16.8. The number of anilines is 1. The molecule has 3 aromatic rings. The van der Waals surface area contributed by atoms with Crippen molar-refractivity contribution in [1.82, 2.24) is 4.98 Å². The maximum Gasteiger partial charge on any atom is 0.224 e. The van der Waals surface area contributed by atoms with Crippen molar-refractivity contribution in [3.63, 3.8) is 0 Å². The Morgan fingerprint density at radius 2 is 1.96 bits per heavy atom. The molecule has 0 fully saturated rings. The van der Waals surface area contributed by atoms with Gasteiger partial charge in [0.05, 0.1) is 19.4 Å². The van der Waals surface area contributed by atoms with Gasteiger partial charge in [0.15, 0.2) is 0 Å². The first-order valence-electron chi connectivity index (χ1n) is 8.79. The van der Waals surface area contributed by atoms with Crippen LogP contribution in [0.3, 0.4) is 0 Å². The van der Waals surface area contributed by atoms with E-state index in [1.165, 1.54) is 0 Å². The predicted octanol–water partition coefficient (Wildman–Crippen LogP) is 4.79. The van der Waals surface area contributed by atoms with Gasteiger partial charge in [0.1, 0.15) is 16.5 Å². The smallest absolute Gasteiger partial charge is 0.224 e. The largest absolute Gasteiger partial charge is 0.497 e. The van der Waals surface area contributed by atoms with E-state index in [0.29, 0.717) is 19.4 Å². The molecule has 3 rings (SSSR count). The van der Waals surface area contributed by atoms with E-state index in [-0.39, 0.29) is 5.91 Å². The summed E-state index contributed by atoms with van der Waals surface area (Å²) in [6, 6.07) is 15.2. The third kappa shape index (κ3) is 5.31. The van der Waals surface area contributed by atoms with E-state index in [1.54, 1.807) is 18.4 Å². The zero-order chi connectivity index (χ0) is 19.1. The van der Waals surface area contributed by atoms with Crippen molar-refractivity contribution in [3.05, 3.63) is 59.6 Å². The van der Waals surface area contributed by atoms with Crippen LogP contribution in [0.2, 0.25) is 0 Å². The van der Waals surface area contributed by atoms with Gasteiger partial charge in [0.2, 0.25) is 5.91 Å². The molecule has 1 aromatic heterocycles. The van der Waals surface area contributed by atoms with Crippen molar-refractivity contribution >= 4 is 22.9 Å². The molecule has 0 saturated heterocycles. The standard InChI is InChI=1S/C21H22N2O3S/c1-3-26-18-10-7-16(8-11-18)22-20(24)12-9-17-14-27-21(23-17)15-5-4-6-19(13-15)25-2/h4-8,10-11,13-14H,3,9,12H2,1-2H3,(H,22,24). The maximum atomic E-state index is 12.2. The molecular formula is C21H22N2O3S. The fourth-order valence-electron chi connectivity index (χ4n) is 2.58. The van der Waals surface area contributed by atoms with Crippen LogP contribution in [0.4, 0.5) is 5.69 Å². The highest BCUT2D eigenvalue weighted by Gasteiger charge is 2.09. The Balaban J connectivity index is 1.54. The minimum atomic E-state index is -0.0323. The molecule has 0 aliphatic carbocycles. The average Bonchev–Trinajstić information content (AvgIpc) is 3.17. The number of nitrogens with zero attached hydrogens (tertiary/aromatic N) is 1. The van der Waals surface area contributed by atoms with Gasteiger partial charge in [-0.25, -0.2) is 4.98 Å². The number of carbonyl (C=O) groups is 1. The summed E-state index contributed by atoms with van der Waals surface area (Å²) in [7, 11) is 1.65. The number of ether oxygens (including phenoxy) is 2. The second-order valence-corrected chi connectivity index (χ2v) is 6.74. The van der Waals surface area contributed by atoms with Crippen molar-refractivity contribution in [3.8, 4) is 22.1 Å². The summed E-state index contributed by atoms with van der Waals surface area (Å²) in [5, 5.41) is 5.83. The van der Waals surface area contributed by atoms with Crippen LogP contribution in [-0.2, 0) is 11.2 Å². The highest BCUT2D eigenvalue weighted by Crippen LogP contribution is 2.27. The lowest BCUT2D eigenvalue weighted by Crippen LogP contribution is -2.12. The van der Waals surface area contributed by atoms with Gasteiger partial charge in [0.25, 0.3) is 0 Å². The molecule has 0 unspecified atom stereocenters. The van der Waals surface area contributed by atoms with E-state index in [9.17, 15) is 4.79 Å². The number of nitrogens with one attached hydrogen (secondary N) is 1. The lowest BCUT2D eigenvalue weighted by molar-refractivity contribution is -0.116. The van der Waals surface area contributed by atoms with Crippen molar-refractivity contribution in [1.29, 1.82) is 0 Å². The van der Waals surface area contributed by atoms with E-state index in [4.69, 9.17) is 9.47 Å². The molecule has 0 spiro atoms. The lowest BCUT2D eigenvalue weighted by Gasteiger charge is -2.06. The topological polar surface area (TPSA) is 60.5 Å². The molecule has 0 bridgehead atoms. The first kappa shape index (κ1) is 18.9. The van der Waals surface area contributed by atoms with Gasteiger partial charge in [-0.3, -0.25) is 4.79 Å². The second kappa shape index (κ2) is 9.19. The van der Waals surface area contributed by atoms with Crippen LogP contribution in [0, 0.1) is 0 Å². The van der Waals surface area contributed by atoms with Crippen molar-refractivity contribution in [2.45, 2.75) is 19.8 Å². The number of amides is 1. The highest BCUT2D eigenvalue weighted by atomic mass is 32.1. The molecular weight excluding hydrogens is 360 g/mol. The van der Waals surface area contributed by atoms with Gasteiger partial charge in [0, 0.05) is 23.1 Å². The number of hydrogen-bond donors (Lipinski definition) is 1. The van der Waals surface area contributed by atoms with Crippen molar-refractivity contribution in [2.75, 3.05) is 19.0 Å². The molecule has 6 heteroatoms. The Labute approximate surface area is 163 Å². The van der Waals surface area contributed by atoms with Crippen molar-refractivity contribution in [2.24, 2.45) is 0 Å². The fraction of sp³-hybridized carbons (Fsp3) is 0.238. The zero-order valence-electron chi connectivity index (χ0n) is 15.4. The first-order valence-corrected chi connectivity index (χ1v) is 9.67. The summed E-state index contributed by atoms with van der Waals surface area (Å²) in [5.41, 5.74) is 2.70. The number of aromatic nitrogens is 1. The van der Waals surface area contributed by atoms with Crippen molar-refractivity contribution < 1.29 is 14.3 Å². The minimum Gasteiger partial charge on any atom is -0.497 e. The molecule has 0 aliphatic rings. The van der Waals surface area contributed by atoms with Crippen LogP contribution in [0.25, 0.3) is 10.6 Å². The van der Waals surface area contributed by atoms with E-state index in [1.807, 2.05) is 60.8 Å². The third-order valence-electron chi connectivity index (χ3n) is 3.93. The Hall–Kier alpha value is -2.86. The van der Waals surface area contributed by atoms with E-state index in [2.05, 4.69) is 10.3 Å². The monoisotopic (exact) mass is 382 g/mol. The molecule has 0 saturated carbocycles.